The summed E-state index contributed by atoms with van der Waals surface area (Å²) >= 11 is 5.08. The molecule has 106 valence electrons. The highest BCUT2D eigenvalue weighted by Crippen LogP contribution is 2.23. The molecule has 0 aliphatic heterocycles. The zero-order chi connectivity index (χ0) is 14.7. The highest BCUT2D eigenvalue weighted by molar-refractivity contribution is 9.10. The van der Waals surface area contributed by atoms with Gasteiger partial charge in [0, 0.05) is 34.5 Å². The van der Waals surface area contributed by atoms with E-state index < -0.39 is 0 Å². The number of aryl methyl sites for hydroxylation is 1. The molecule has 0 unspecified atom stereocenters. The van der Waals surface area contributed by atoms with Crippen LogP contribution in [0.25, 0.3) is 0 Å². The Morgan fingerprint density at radius 3 is 2.75 bits per heavy atom. The molecule has 1 aromatic carbocycles. The molecule has 0 saturated carbocycles. The molecule has 0 bridgehead atoms. The molecule has 1 amide bonds. The maximum Gasteiger partial charge on any atom is 0.256 e. The molecule has 0 fully saturated rings. The lowest BCUT2D eigenvalue weighted by atomic mass is 10.1. The third-order valence-electron chi connectivity index (χ3n) is 3.04. The van der Waals surface area contributed by atoms with Crippen LogP contribution in [0, 0.1) is 6.92 Å². The van der Waals surface area contributed by atoms with E-state index in [9.17, 15) is 4.79 Å². The van der Waals surface area contributed by atoms with Crippen LogP contribution in [0.15, 0.2) is 34.1 Å². The second-order valence-electron chi connectivity index (χ2n) is 4.69. The van der Waals surface area contributed by atoms with E-state index in [1.807, 2.05) is 50.7 Å². The largest absolute Gasteiger partial charge is 0.387 e. The minimum atomic E-state index is 0.0267. The second kappa shape index (κ2) is 6.41. The first kappa shape index (κ1) is 15.1. The predicted octanol–water partition coefficient (Wildman–Crippen LogP) is 4.13. The van der Waals surface area contributed by atoms with Gasteiger partial charge in [-0.15, -0.1) is 11.3 Å². The van der Waals surface area contributed by atoms with Gasteiger partial charge in [0.1, 0.15) is 0 Å². The van der Waals surface area contributed by atoms with Gasteiger partial charge in [0.25, 0.3) is 5.91 Å². The zero-order valence-electron chi connectivity index (χ0n) is 11.7. The molecule has 1 aromatic heterocycles. The van der Waals surface area contributed by atoms with Gasteiger partial charge in [0.05, 0.1) is 12.1 Å². The van der Waals surface area contributed by atoms with Crippen LogP contribution in [0.1, 0.15) is 20.8 Å². The summed E-state index contributed by atoms with van der Waals surface area (Å²) in [5, 5.41) is 5.11. The third-order valence-corrected chi connectivity index (χ3v) is 4.72. The number of carbonyl (C=O) groups excluding carboxylic acids is 1. The van der Waals surface area contributed by atoms with Crippen LogP contribution >= 0.6 is 27.3 Å². The van der Waals surface area contributed by atoms with Crippen molar-refractivity contribution < 1.29 is 4.79 Å². The Morgan fingerprint density at radius 2 is 2.15 bits per heavy atom. The van der Waals surface area contributed by atoms with E-state index in [4.69, 9.17) is 0 Å². The number of carbonyl (C=O) groups is 1. The Balaban J connectivity index is 2.18. The summed E-state index contributed by atoms with van der Waals surface area (Å²) in [5.41, 5.74) is 2.71. The molecule has 2 rings (SSSR count). The minimum Gasteiger partial charge on any atom is -0.387 e. The van der Waals surface area contributed by atoms with Crippen molar-refractivity contribution in [3.8, 4) is 0 Å². The van der Waals surface area contributed by atoms with Crippen molar-refractivity contribution in [2.45, 2.75) is 13.5 Å². The van der Waals surface area contributed by atoms with Gasteiger partial charge < -0.3 is 10.2 Å². The highest BCUT2D eigenvalue weighted by atomic mass is 79.9. The fourth-order valence-electron chi connectivity index (χ4n) is 2.00. The summed E-state index contributed by atoms with van der Waals surface area (Å²) < 4.78 is 1.06. The van der Waals surface area contributed by atoms with Crippen LogP contribution in [0.3, 0.4) is 0 Å². The normalized spacial score (nSPS) is 10.4. The lowest BCUT2D eigenvalue weighted by Crippen LogP contribution is -2.26. The van der Waals surface area contributed by atoms with Gasteiger partial charge in [0.2, 0.25) is 0 Å². The molecule has 2 aromatic rings. The summed E-state index contributed by atoms with van der Waals surface area (Å²) in [7, 11) is 3.66. The lowest BCUT2D eigenvalue weighted by molar-refractivity contribution is 0.0787. The molecule has 0 saturated heterocycles. The number of hydrogen-bond donors (Lipinski definition) is 1. The van der Waals surface area contributed by atoms with Crippen molar-refractivity contribution in [1.29, 1.82) is 0 Å². The maximum absolute atomic E-state index is 12.5. The Hall–Kier alpha value is -1.33. The second-order valence-corrected chi connectivity index (χ2v) is 6.60. The van der Waals surface area contributed by atoms with E-state index in [-0.39, 0.29) is 5.91 Å². The van der Waals surface area contributed by atoms with Crippen LogP contribution < -0.4 is 5.32 Å². The molecular formula is C15H17BrN2OS. The topological polar surface area (TPSA) is 32.3 Å². The summed E-state index contributed by atoms with van der Waals surface area (Å²) in [5.74, 6) is 0.0267. The standard InChI is InChI=1S/C15H17BrN2OS/c1-10-4-5-13(14(6-10)17-2)15(19)18(3)8-12-7-11(16)9-20-12/h4-7,9,17H,8H2,1-3H3. The molecule has 5 heteroatoms. The number of benzene rings is 1. The van der Waals surface area contributed by atoms with Crippen LogP contribution in [0.2, 0.25) is 0 Å². The average molecular weight is 353 g/mol. The van der Waals surface area contributed by atoms with Gasteiger partial charge in [-0.1, -0.05) is 6.07 Å². The van der Waals surface area contributed by atoms with Crippen molar-refractivity contribution in [3.63, 3.8) is 0 Å². The molecule has 3 nitrogen and oxygen atoms in total. The first-order valence-corrected chi connectivity index (χ1v) is 7.95. The number of anilines is 1. The fraction of sp³-hybridized carbons (Fsp3) is 0.267. The van der Waals surface area contributed by atoms with Crippen molar-refractivity contribution in [2.24, 2.45) is 0 Å². The van der Waals surface area contributed by atoms with Gasteiger partial charge in [-0.05, 0) is 46.6 Å². The molecule has 0 aliphatic rings. The predicted molar refractivity (Wildman–Crippen MR) is 88.5 cm³/mol. The van der Waals surface area contributed by atoms with Crippen LogP contribution in [-0.4, -0.2) is 24.9 Å². The van der Waals surface area contributed by atoms with Crippen molar-refractivity contribution in [2.75, 3.05) is 19.4 Å². The van der Waals surface area contributed by atoms with E-state index in [2.05, 4.69) is 21.2 Å². The van der Waals surface area contributed by atoms with Crippen molar-refractivity contribution >= 4 is 38.9 Å². The fourth-order valence-corrected chi connectivity index (χ4v) is 3.50. The Bertz CT molecular complexity index is 624. The van der Waals surface area contributed by atoms with Gasteiger partial charge in [-0.3, -0.25) is 4.79 Å². The SMILES string of the molecule is CNc1cc(C)ccc1C(=O)N(C)Cc1cc(Br)cs1. The smallest absolute Gasteiger partial charge is 0.256 e. The van der Waals surface area contributed by atoms with Crippen LogP contribution in [-0.2, 0) is 6.54 Å². The van der Waals surface area contributed by atoms with Crippen molar-refractivity contribution in [1.82, 2.24) is 4.90 Å². The first-order valence-electron chi connectivity index (χ1n) is 6.28. The number of amides is 1. The molecular weight excluding hydrogens is 336 g/mol. The first-order chi connectivity index (χ1) is 9.51. The molecule has 0 aliphatic carbocycles. The summed E-state index contributed by atoms with van der Waals surface area (Å²) in [4.78, 5) is 15.4. The van der Waals surface area contributed by atoms with E-state index in [0.29, 0.717) is 12.1 Å². The molecule has 0 spiro atoms. The summed E-state index contributed by atoms with van der Waals surface area (Å²) in [6.45, 7) is 2.63. The van der Waals surface area contributed by atoms with Crippen molar-refractivity contribution in [3.05, 3.63) is 50.1 Å². The number of rotatable bonds is 4. The van der Waals surface area contributed by atoms with Crippen LogP contribution in [0.4, 0.5) is 5.69 Å². The van der Waals surface area contributed by atoms with Gasteiger partial charge in [-0.2, -0.15) is 0 Å². The highest BCUT2D eigenvalue weighted by Gasteiger charge is 2.16. The molecule has 0 radical (unpaired) electrons. The lowest BCUT2D eigenvalue weighted by Gasteiger charge is -2.18. The summed E-state index contributed by atoms with van der Waals surface area (Å²) in [6, 6.07) is 7.87. The third kappa shape index (κ3) is 3.41. The zero-order valence-corrected chi connectivity index (χ0v) is 14.1. The van der Waals surface area contributed by atoms with Gasteiger partial charge >= 0.3 is 0 Å². The number of thiophene rings is 1. The molecule has 1 N–H and O–H groups in total. The number of halogens is 1. The quantitative estimate of drug-likeness (QED) is 0.896. The Kier molecular flexibility index (Phi) is 4.83. The Morgan fingerprint density at radius 1 is 1.40 bits per heavy atom. The number of hydrogen-bond acceptors (Lipinski definition) is 3. The minimum absolute atomic E-state index is 0.0267. The average Bonchev–Trinajstić information content (AvgIpc) is 2.83. The number of nitrogens with one attached hydrogen (secondary N) is 1. The maximum atomic E-state index is 12.5. The molecule has 20 heavy (non-hydrogen) atoms. The number of nitrogens with zero attached hydrogens (tertiary/aromatic N) is 1. The molecule has 0 atom stereocenters. The Labute approximate surface area is 131 Å². The van der Waals surface area contributed by atoms with Gasteiger partial charge in [-0.25, -0.2) is 0 Å². The van der Waals surface area contributed by atoms with Crippen LogP contribution in [0.5, 0.6) is 0 Å². The monoisotopic (exact) mass is 352 g/mol. The van der Waals surface area contributed by atoms with E-state index in [1.54, 1.807) is 16.2 Å². The van der Waals surface area contributed by atoms with E-state index >= 15 is 0 Å². The van der Waals surface area contributed by atoms with E-state index in [1.165, 1.54) is 0 Å². The van der Waals surface area contributed by atoms with Gasteiger partial charge in [0.15, 0.2) is 0 Å². The summed E-state index contributed by atoms with van der Waals surface area (Å²) in [6.07, 6.45) is 0. The molecule has 1 heterocycles. The van der Waals surface area contributed by atoms with E-state index in [0.717, 1.165) is 20.6 Å².